The monoisotopic (exact) mass is 301 g/mol. The molecule has 1 aromatic rings. The molecule has 0 heterocycles. The van der Waals surface area contributed by atoms with Crippen LogP contribution in [-0.4, -0.2) is 55.9 Å². The Morgan fingerprint density at radius 3 is 2.95 bits per heavy atom. The average molecular weight is 302 g/mol. The molecule has 112 valence electrons. The Kier molecular flexibility index (Phi) is 6.74. The minimum atomic E-state index is -0.631. The van der Waals surface area contributed by atoms with Gasteiger partial charge in [-0.2, -0.15) is 0 Å². The van der Waals surface area contributed by atoms with Crippen LogP contribution in [0.4, 0.5) is 11.4 Å². The summed E-state index contributed by atoms with van der Waals surface area (Å²) in [5.74, 6) is -0.232. The summed E-state index contributed by atoms with van der Waals surface area (Å²) in [5, 5.41) is 12.7. The van der Waals surface area contributed by atoms with E-state index in [-0.39, 0.29) is 19.1 Å². The molecule has 1 aromatic carbocycles. The van der Waals surface area contributed by atoms with Gasteiger partial charge in [-0.15, -0.1) is 0 Å². The third kappa shape index (κ3) is 5.75. The molecule has 0 radical (unpaired) electrons. The number of anilines is 2. The highest BCUT2D eigenvalue weighted by atomic mass is 35.5. The van der Waals surface area contributed by atoms with Crippen LogP contribution in [0.3, 0.4) is 0 Å². The van der Waals surface area contributed by atoms with Crippen molar-refractivity contribution in [3.8, 4) is 0 Å². The van der Waals surface area contributed by atoms with E-state index in [0.717, 1.165) is 0 Å². The molecule has 20 heavy (non-hydrogen) atoms. The van der Waals surface area contributed by atoms with Crippen molar-refractivity contribution in [2.75, 3.05) is 44.9 Å². The number of hydrogen-bond acceptors (Lipinski definition) is 5. The molecule has 0 spiro atoms. The molecule has 0 aromatic heterocycles. The van der Waals surface area contributed by atoms with Gasteiger partial charge in [0.05, 0.1) is 30.0 Å². The molecule has 0 aliphatic heterocycles. The lowest BCUT2D eigenvalue weighted by Gasteiger charge is -2.19. The number of likely N-dealkylation sites (N-methyl/N-ethyl adjacent to an activating group) is 1. The number of amides is 1. The third-order valence-corrected chi connectivity index (χ3v) is 2.89. The Bertz CT molecular complexity index is 456. The van der Waals surface area contributed by atoms with Crippen LogP contribution in [0.5, 0.6) is 0 Å². The second-order valence-electron chi connectivity index (χ2n) is 4.59. The van der Waals surface area contributed by atoms with E-state index in [2.05, 4.69) is 5.32 Å². The smallest absolute Gasteiger partial charge is 0.238 e. The van der Waals surface area contributed by atoms with Crippen LogP contribution in [-0.2, 0) is 9.53 Å². The Morgan fingerprint density at radius 1 is 1.60 bits per heavy atom. The fourth-order valence-electron chi connectivity index (χ4n) is 1.74. The molecule has 1 amide bonds. The molecule has 4 N–H and O–H groups in total. The summed E-state index contributed by atoms with van der Waals surface area (Å²) in [5.41, 5.74) is 6.63. The van der Waals surface area contributed by atoms with Gasteiger partial charge in [0.1, 0.15) is 0 Å². The van der Waals surface area contributed by atoms with Crippen molar-refractivity contribution in [2.45, 2.75) is 6.10 Å². The largest absolute Gasteiger partial charge is 0.399 e. The zero-order chi connectivity index (χ0) is 15.1. The quantitative estimate of drug-likeness (QED) is 0.648. The lowest BCUT2D eigenvalue weighted by Crippen LogP contribution is -2.37. The summed E-state index contributed by atoms with van der Waals surface area (Å²) in [7, 11) is 3.25. The number of benzene rings is 1. The topological polar surface area (TPSA) is 87.8 Å². The van der Waals surface area contributed by atoms with Gasteiger partial charge in [0.15, 0.2) is 0 Å². The maximum atomic E-state index is 11.9. The minimum absolute atomic E-state index is 0.131. The SMILES string of the molecule is COCC(O)CN(C)CC(=O)Nc1cc(N)ccc1Cl. The van der Waals surface area contributed by atoms with Crippen LogP contribution in [0.25, 0.3) is 0 Å². The van der Waals surface area contributed by atoms with Gasteiger partial charge in [0.2, 0.25) is 5.91 Å². The molecule has 0 aliphatic rings. The number of nitrogens with two attached hydrogens (primary N) is 1. The molecule has 0 aliphatic carbocycles. The lowest BCUT2D eigenvalue weighted by molar-refractivity contribution is -0.117. The van der Waals surface area contributed by atoms with Gasteiger partial charge in [-0.05, 0) is 25.2 Å². The highest BCUT2D eigenvalue weighted by molar-refractivity contribution is 6.33. The average Bonchev–Trinajstić information content (AvgIpc) is 2.33. The molecule has 0 saturated heterocycles. The number of carbonyl (C=O) groups excluding carboxylic acids is 1. The number of hydrogen-bond donors (Lipinski definition) is 3. The number of ether oxygens (including phenoxy) is 1. The summed E-state index contributed by atoms with van der Waals surface area (Å²) in [6.07, 6.45) is -0.631. The van der Waals surface area contributed by atoms with Crippen LogP contribution in [0.2, 0.25) is 5.02 Å². The number of nitrogens with one attached hydrogen (secondary N) is 1. The van der Waals surface area contributed by atoms with Gasteiger partial charge in [-0.3, -0.25) is 9.69 Å². The Balaban J connectivity index is 2.49. The predicted octanol–water partition coefficient (Wildman–Crippen LogP) is 0.800. The van der Waals surface area contributed by atoms with Crippen molar-refractivity contribution < 1.29 is 14.6 Å². The number of nitrogen functional groups attached to an aromatic ring is 1. The van der Waals surface area contributed by atoms with Crippen molar-refractivity contribution in [1.82, 2.24) is 4.90 Å². The van der Waals surface area contributed by atoms with E-state index in [9.17, 15) is 9.90 Å². The summed E-state index contributed by atoms with van der Waals surface area (Å²) in [4.78, 5) is 13.6. The van der Waals surface area contributed by atoms with E-state index in [4.69, 9.17) is 22.1 Å². The summed E-state index contributed by atoms with van der Waals surface area (Å²) < 4.78 is 4.83. The predicted molar refractivity (Wildman–Crippen MR) is 79.9 cm³/mol. The molecule has 1 atom stereocenters. The Hall–Kier alpha value is -1.34. The number of halogens is 1. The fourth-order valence-corrected chi connectivity index (χ4v) is 1.91. The molecule has 0 bridgehead atoms. The van der Waals surface area contributed by atoms with Crippen molar-refractivity contribution in [1.29, 1.82) is 0 Å². The molecular formula is C13H20ClN3O3. The van der Waals surface area contributed by atoms with E-state index >= 15 is 0 Å². The van der Waals surface area contributed by atoms with Crippen molar-refractivity contribution in [3.05, 3.63) is 23.2 Å². The van der Waals surface area contributed by atoms with Crippen LogP contribution < -0.4 is 11.1 Å². The van der Waals surface area contributed by atoms with Crippen LogP contribution in [0.1, 0.15) is 0 Å². The normalized spacial score (nSPS) is 12.4. The van der Waals surface area contributed by atoms with Crippen LogP contribution in [0, 0.1) is 0 Å². The molecular weight excluding hydrogens is 282 g/mol. The summed E-state index contributed by atoms with van der Waals surface area (Å²) in [6, 6.07) is 4.88. The van der Waals surface area contributed by atoms with E-state index in [1.807, 2.05) is 0 Å². The van der Waals surface area contributed by atoms with Crippen LogP contribution >= 0.6 is 11.6 Å². The fraction of sp³-hybridized carbons (Fsp3) is 0.462. The maximum absolute atomic E-state index is 11.9. The molecule has 7 heteroatoms. The number of methoxy groups -OCH3 is 1. The molecule has 1 rings (SSSR count). The van der Waals surface area contributed by atoms with Gasteiger partial charge in [0.25, 0.3) is 0 Å². The van der Waals surface area contributed by atoms with Crippen LogP contribution in [0.15, 0.2) is 18.2 Å². The lowest BCUT2D eigenvalue weighted by atomic mass is 10.2. The van der Waals surface area contributed by atoms with Gasteiger partial charge in [0, 0.05) is 19.3 Å². The minimum Gasteiger partial charge on any atom is -0.399 e. The second-order valence-corrected chi connectivity index (χ2v) is 5.00. The molecule has 0 saturated carbocycles. The Morgan fingerprint density at radius 2 is 2.30 bits per heavy atom. The van der Waals surface area contributed by atoms with E-state index in [1.54, 1.807) is 30.1 Å². The maximum Gasteiger partial charge on any atom is 0.238 e. The van der Waals surface area contributed by atoms with Gasteiger partial charge >= 0.3 is 0 Å². The summed E-state index contributed by atoms with van der Waals surface area (Å²) in [6.45, 7) is 0.699. The molecule has 6 nitrogen and oxygen atoms in total. The zero-order valence-electron chi connectivity index (χ0n) is 11.6. The van der Waals surface area contributed by atoms with E-state index in [0.29, 0.717) is 22.9 Å². The van der Waals surface area contributed by atoms with Gasteiger partial charge in [-0.1, -0.05) is 11.6 Å². The number of carbonyl (C=O) groups is 1. The number of rotatable bonds is 7. The first-order valence-electron chi connectivity index (χ1n) is 6.12. The number of nitrogens with zero attached hydrogens (tertiary/aromatic N) is 1. The first kappa shape index (κ1) is 16.7. The Labute approximate surface area is 123 Å². The number of aliphatic hydroxyl groups is 1. The summed E-state index contributed by atoms with van der Waals surface area (Å²) >= 11 is 5.96. The first-order valence-corrected chi connectivity index (χ1v) is 6.50. The van der Waals surface area contributed by atoms with Gasteiger partial charge < -0.3 is 20.9 Å². The standard InChI is InChI=1S/C13H20ClN3O3/c1-17(6-10(18)8-20-2)7-13(19)16-12-5-9(15)3-4-11(12)14/h3-5,10,18H,6-8,15H2,1-2H3,(H,16,19). The van der Waals surface area contributed by atoms with Crippen molar-refractivity contribution >= 4 is 28.9 Å². The highest BCUT2D eigenvalue weighted by Crippen LogP contribution is 2.23. The van der Waals surface area contributed by atoms with Crippen molar-refractivity contribution in [2.24, 2.45) is 0 Å². The first-order chi connectivity index (χ1) is 9.42. The molecule has 0 fully saturated rings. The van der Waals surface area contributed by atoms with E-state index in [1.165, 1.54) is 7.11 Å². The number of aliphatic hydroxyl groups excluding tert-OH is 1. The zero-order valence-corrected chi connectivity index (χ0v) is 12.4. The van der Waals surface area contributed by atoms with Gasteiger partial charge in [-0.25, -0.2) is 0 Å². The second kappa shape index (κ2) is 8.06. The highest BCUT2D eigenvalue weighted by Gasteiger charge is 2.12. The molecule has 1 unspecified atom stereocenters. The van der Waals surface area contributed by atoms with Crippen molar-refractivity contribution in [3.63, 3.8) is 0 Å². The third-order valence-electron chi connectivity index (χ3n) is 2.56. The van der Waals surface area contributed by atoms with E-state index < -0.39 is 6.10 Å².